The molecule has 2 aromatic carbocycles. The highest BCUT2D eigenvalue weighted by Gasteiger charge is 2.29. The molecular formula is C36H36F3N7OS. The Hall–Kier alpha value is -4.73. The Kier molecular flexibility index (Phi) is 9.53. The molecule has 1 amide bonds. The smallest absolute Gasteiger partial charge is 0.367 e. The Labute approximate surface area is 281 Å². The van der Waals surface area contributed by atoms with Crippen LogP contribution in [0.25, 0.3) is 21.1 Å². The Bertz CT molecular complexity index is 2000. The Morgan fingerprint density at radius 3 is 2.58 bits per heavy atom. The first kappa shape index (κ1) is 33.2. The van der Waals surface area contributed by atoms with E-state index in [0.29, 0.717) is 28.3 Å². The van der Waals surface area contributed by atoms with E-state index in [4.69, 9.17) is 0 Å². The van der Waals surface area contributed by atoms with E-state index in [1.807, 2.05) is 30.3 Å². The van der Waals surface area contributed by atoms with Gasteiger partial charge in [-0.3, -0.25) is 9.69 Å². The highest BCUT2D eigenvalue weighted by atomic mass is 32.1. The van der Waals surface area contributed by atoms with Gasteiger partial charge in [-0.2, -0.15) is 18.4 Å². The predicted octanol–water partition coefficient (Wildman–Crippen LogP) is 7.40. The van der Waals surface area contributed by atoms with Crippen molar-refractivity contribution in [3.63, 3.8) is 0 Å². The molecule has 1 fully saturated rings. The third kappa shape index (κ3) is 7.22. The number of nitriles is 1. The number of hydrogen-bond acceptors (Lipinski definition) is 7. The number of nitrogens with one attached hydrogen (secondary N) is 1. The number of rotatable bonds is 10. The van der Waals surface area contributed by atoms with Crippen molar-refractivity contribution in [1.29, 1.82) is 5.26 Å². The highest BCUT2D eigenvalue weighted by Crippen LogP contribution is 2.33. The second kappa shape index (κ2) is 13.8. The molecule has 1 saturated heterocycles. The van der Waals surface area contributed by atoms with Gasteiger partial charge in [-0.15, -0.1) is 11.3 Å². The number of amides is 1. The normalized spacial score (nSPS) is 14.3. The molecule has 12 heteroatoms. The molecule has 1 aliphatic heterocycles. The van der Waals surface area contributed by atoms with Crippen LogP contribution in [0.2, 0.25) is 0 Å². The van der Waals surface area contributed by atoms with E-state index < -0.39 is 12.6 Å². The lowest BCUT2D eigenvalue weighted by atomic mass is 10.0. The van der Waals surface area contributed by atoms with Crippen LogP contribution in [0.3, 0.4) is 0 Å². The summed E-state index contributed by atoms with van der Waals surface area (Å²) in [6.07, 6.45) is -0.0356. The first-order valence-electron chi connectivity index (χ1n) is 15.8. The third-order valence-electron chi connectivity index (χ3n) is 9.11. The SMILES string of the molecule is C=CC(=O)N(C)c1ccc(CCn2c(C#N)cc3c(C)c(CN4CCC(Nc5ncnc6sc(CC(F)(F)F)cc56)CC4)ccc32)cc1. The lowest BCUT2D eigenvalue weighted by molar-refractivity contribution is -0.126. The largest absolute Gasteiger partial charge is 0.393 e. The first-order valence-corrected chi connectivity index (χ1v) is 16.6. The van der Waals surface area contributed by atoms with Gasteiger partial charge in [0.1, 0.15) is 28.7 Å². The van der Waals surface area contributed by atoms with Gasteiger partial charge in [0.05, 0.1) is 11.8 Å². The van der Waals surface area contributed by atoms with E-state index in [-0.39, 0.29) is 16.8 Å². The van der Waals surface area contributed by atoms with E-state index in [0.717, 1.165) is 78.0 Å². The zero-order valence-electron chi connectivity index (χ0n) is 26.8. The molecule has 3 aromatic heterocycles. The molecule has 1 aliphatic rings. The molecule has 0 aliphatic carbocycles. The number of anilines is 2. The zero-order chi connectivity index (χ0) is 34.0. The number of carbonyl (C=O) groups is 1. The maximum Gasteiger partial charge on any atom is 0.393 e. The molecule has 0 spiro atoms. The van der Waals surface area contributed by atoms with Gasteiger partial charge < -0.3 is 14.8 Å². The minimum absolute atomic E-state index is 0.160. The van der Waals surface area contributed by atoms with Gasteiger partial charge in [0, 0.05) is 60.7 Å². The minimum atomic E-state index is -4.26. The van der Waals surface area contributed by atoms with Crippen LogP contribution in [0, 0.1) is 18.3 Å². The van der Waals surface area contributed by atoms with E-state index in [1.54, 1.807) is 18.0 Å². The van der Waals surface area contributed by atoms with Crippen LogP contribution in [-0.2, 0) is 30.7 Å². The van der Waals surface area contributed by atoms with Crippen molar-refractivity contribution in [2.75, 3.05) is 30.4 Å². The molecule has 8 nitrogen and oxygen atoms in total. The number of piperidine rings is 1. The molecule has 4 heterocycles. The maximum absolute atomic E-state index is 12.9. The molecule has 0 saturated carbocycles. The summed E-state index contributed by atoms with van der Waals surface area (Å²) in [4.78, 5) is 25.2. The number of thiophene rings is 1. The van der Waals surface area contributed by atoms with Gasteiger partial charge in [0.15, 0.2) is 0 Å². The minimum Gasteiger partial charge on any atom is -0.367 e. The second-order valence-corrected chi connectivity index (χ2v) is 13.3. The summed E-state index contributed by atoms with van der Waals surface area (Å²) in [5.41, 5.74) is 5.95. The summed E-state index contributed by atoms with van der Waals surface area (Å²) in [6, 6.07) is 18.2. The van der Waals surface area contributed by atoms with Gasteiger partial charge >= 0.3 is 6.18 Å². The summed E-state index contributed by atoms with van der Waals surface area (Å²) < 4.78 is 40.9. The number of likely N-dealkylation sites (N-methyl/N-ethyl adjacent to an activating group) is 1. The van der Waals surface area contributed by atoms with Crippen molar-refractivity contribution in [3.8, 4) is 6.07 Å². The van der Waals surface area contributed by atoms with Crippen molar-refractivity contribution in [1.82, 2.24) is 19.4 Å². The zero-order valence-corrected chi connectivity index (χ0v) is 27.7. The number of aryl methyl sites for hydroxylation is 3. The molecule has 0 atom stereocenters. The Morgan fingerprint density at radius 2 is 1.90 bits per heavy atom. The number of alkyl halides is 3. The van der Waals surface area contributed by atoms with Crippen LogP contribution >= 0.6 is 11.3 Å². The van der Waals surface area contributed by atoms with Gasteiger partial charge in [0.25, 0.3) is 0 Å². The van der Waals surface area contributed by atoms with Crippen molar-refractivity contribution in [3.05, 3.63) is 94.8 Å². The summed E-state index contributed by atoms with van der Waals surface area (Å²) in [7, 11) is 1.72. The number of halogens is 3. The van der Waals surface area contributed by atoms with Gasteiger partial charge in [0.2, 0.25) is 5.91 Å². The molecule has 0 unspecified atom stereocenters. The van der Waals surface area contributed by atoms with Crippen molar-refractivity contribution < 1.29 is 18.0 Å². The molecule has 248 valence electrons. The third-order valence-corrected chi connectivity index (χ3v) is 10.2. The Balaban J connectivity index is 1.08. The fourth-order valence-electron chi connectivity index (χ4n) is 6.39. The fourth-order valence-corrected chi connectivity index (χ4v) is 7.42. The van der Waals surface area contributed by atoms with Crippen molar-refractivity contribution in [2.24, 2.45) is 0 Å². The van der Waals surface area contributed by atoms with Gasteiger partial charge in [-0.25, -0.2) is 9.97 Å². The van der Waals surface area contributed by atoms with E-state index >= 15 is 0 Å². The molecule has 1 N–H and O–H groups in total. The fraction of sp³-hybridized carbons (Fsp3) is 0.333. The monoisotopic (exact) mass is 671 g/mol. The number of hydrogen-bond donors (Lipinski definition) is 1. The van der Waals surface area contributed by atoms with Gasteiger partial charge in [-0.1, -0.05) is 24.8 Å². The van der Waals surface area contributed by atoms with Crippen molar-refractivity contribution in [2.45, 2.75) is 57.9 Å². The standard InChI is InChI=1S/C36H36F3N7OS/c1-4-33(47)44(3)27-8-5-24(6-9-27)11-16-46-28(20-40)17-30-23(2)25(7-10-32(30)46)21-45-14-12-26(13-15-45)43-34-31-18-29(19-36(37,38)39)48-35(31)42-22-41-34/h4-10,17-18,22,26H,1,11-16,19,21H2,2-3H3,(H,41,42,43). The number of carbonyl (C=O) groups excluding carboxylic acids is 1. The van der Waals surface area contributed by atoms with E-state index in [9.17, 15) is 23.2 Å². The van der Waals surface area contributed by atoms with Crippen LogP contribution in [0.5, 0.6) is 0 Å². The van der Waals surface area contributed by atoms with Crippen LogP contribution in [0.4, 0.5) is 24.7 Å². The summed E-state index contributed by atoms with van der Waals surface area (Å²) >= 11 is 1.06. The topological polar surface area (TPSA) is 90.1 Å². The molecule has 5 aromatic rings. The number of likely N-dealkylation sites (tertiary alicyclic amines) is 1. The van der Waals surface area contributed by atoms with Crippen LogP contribution in [0.1, 0.15) is 40.1 Å². The molecule has 0 radical (unpaired) electrons. The lowest BCUT2D eigenvalue weighted by Crippen LogP contribution is -2.39. The lowest BCUT2D eigenvalue weighted by Gasteiger charge is -2.33. The summed E-state index contributed by atoms with van der Waals surface area (Å²) in [5, 5.41) is 15.1. The van der Waals surface area contributed by atoms with E-state index in [2.05, 4.69) is 56.5 Å². The maximum atomic E-state index is 12.9. The van der Waals surface area contributed by atoms with Crippen LogP contribution in [0.15, 0.2) is 67.5 Å². The number of fused-ring (bicyclic) bond motifs is 2. The predicted molar refractivity (Wildman–Crippen MR) is 184 cm³/mol. The molecule has 0 bridgehead atoms. The number of aromatic nitrogens is 3. The summed E-state index contributed by atoms with van der Waals surface area (Å²) in [6.45, 7) is 8.84. The van der Waals surface area contributed by atoms with E-state index in [1.165, 1.54) is 18.0 Å². The molecular weight excluding hydrogens is 636 g/mol. The molecule has 48 heavy (non-hydrogen) atoms. The Morgan fingerprint density at radius 1 is 1.15 bits per heavy atom. The average molecular weight is 672 g/mol. The summed E-state index contributed by atoms with van der Waals surface area (Å²) in [5.74, 6) is 0.424. The van der Waals surface area contributed by atoms with Crippen molar-refractivity contribution >= 4 is 49.9 Å². The van der Waals surface area contributed by atoms with Crippen LogP contribution in [-0.4, -0.2) is 57.7 Å². The first-order chi connectivity index (χ1) is 23.0. The van der Waals surface area contributed by atoms with Gasteiger partial charge in [-0.05, 0) is 79.3 Å². The number of nitrogens with zero attached hydrogens (tertiary/aromatic N) is 6. The quantitative estimate of drug-likeness (QED) is 0.156. The highest BCUT2D eigenvalue weighted by molar-refractivity contribution is 7.18. The average Bonchev–Trinajstić information content (AvgIpc) is 3.65. The van der Waals surface area contributed by atoms with Crippen LogP contribution < -0.4 is 10.2 Å². The second-order valence-electron chi connectivity index (χ2n) is 12.2. The molecule has 6 rings (SSSR count). The number of benzene rings is 2.